The van der Waals surface area contributed by atoms with Gasteiger partial charge in [-0.15, -0.1) is 0 Å². The molecule has 4 aliphatic rings. The molecule has 6 atom stereocenters. The molecule has 1 aliphatic heterocycles. The van der Waals surface area contributed by atoms with Gasteiger partial charge in [-0.1, -0.05) is 51.4 Å². The average Bonchev–Trinajstić information content (AvgIpc) is 3.28. The molecule has 4 heteroatoms. The molecule has 4 nitrogen and oxygen atoms in total. The zero-order chi connectivity index (χ0) is 17.7. The molecule has 1 heterocycles. The van der Waals surface area contributed by atoms with Crippen LogP contribution in [0, 0.1) is 40.9 Å². The van der Waals surface area contributed by atoms with Crippen LogP contribution in [0.3, 0.4) is 0 Å². The Labute approximate surface area is 151 Å². The van der Waals surface area contributed by atoms with Crippen molar-refractivity contribution in [3.63, 3.8) is 0 Å². The third-order valence-electron chi connectivity index (χ3n) is 7.60. The fourth-order valence-corrected chi connectivity index (χ4v) is 6.38. The van der Waals surface area contributed by atoms with Crippen LogP contribution in [-0.2, 0) is 9.47 Å². The van der Waals surface area contributed by atoms with E-state index in [0.29, 0.717) is 19.1 Å². The molecule has 2 N–H and O–H groups in total. The van der Waals surface area contributed by atoms with Gasteiger partial charge in [0.2, 0.25) is 0 Å². The molecule has 1 saturated heterocycles. The Morgan fingerprint density at radius 1 is 1.16 bits per heavy atom. The molecule has 4 fully saturated rings. The average molecular weight is 348 g/mol. The Hall–Kier alpha value is -0.600. The number of rotatable bonds is 2. The normalized spacial score (nSPS) is 44.0. The summed E-state index contributed by atoms with van der Waals surface area (Å²) < 4.78 is 12.1. The number of hydrogen-bond donors (Lipinski definition) is 2. The molecule has 0 bridgehead atoms. The lowest BCUT2D eigenvalue weighted by Crippen LogP contribution is -2.73. The highest BCUT2D eigenvalue weighted by Gasteiger charge is 2.74. The Morgan fingerprint density at radius 3 is 2.52 bits per heavy atom. The third kappa shape index (κ3) is 2.67. The molecule has 3 aliphatic carbocycles. The minimum atomic E-state index is -0.563. The topological polar surface area (TPSA) is 58.9 Å². The number of ether oxygens (including phenoxy) is 2. The van der Waals surface area contributed by atoms with E-state index >= 15 is 0 Å². The van der Waals surface area contributed by atoms with E-state index in [1.54, 1.807) is 0 Å². The van der Waals surface area contributed by atoms with Crippen molar-refractivity contribution in [1.82, 2.24) is 0 Å². The SMILES string of the molecule is CC1[C@H]2[C@H](C#C[C@@H](O)CC3CCCC3)[C@@H](O)CC[C@@]2(C)C12OCCO2. The van der Waals surface area contributed by atoms with Crippen LogP contribution in [0.2, 0.25) is 0 Å². The van der Waals surface area contributed by atoms with Gasteiger partial charge >= 0.3 is 0 Å². The van der Waals surface area contributed by atoms with Gasteiger partial charge in [0.05, 0.1) is 25.2 Å². The van der Waals surface area contributed by atoms with Crippen molar-refractivity contribution in [3.8, 4) is 11.8 Å². The second-order valence-electron chi connectivity index (χ2n) is 8.92. The highest BCUT2D eigenvalue weighted by atomic mass is 16.7. The van der Waals surface area contributed by atoms with Gasteiger partial charge in [-0.3, -0.25) is 0 Å². The van der Waals surface area contributed by atoms with Crippen LogP contribution in [-0.4, -0.2) is 41.4 Å². The molecule has 0 aromatic heterocycles. The summed E-state index contributed by atoms with van der Waals surface area (Å²) in [5.41, 5.74) is -0.0854. The summed E-state index contributed by atoms with van der Waals surface area (Å²) in [5.74, 6) is 6.88. The Balaban J connectivity index is 1.48. The van der Waals surface area contributed by atoms with Crippen molar-refractivity contribution in [2.24, 2.45) is 29.1 Å². The molecule has 3 saturated carbocycles. The summed E-state index contributed by atoms with van der Waals surface area (Å²) in [4.78, 5) is 0. The minimum absolute atomic E-state index is 0.0854. The van der Waals surface area contributed by atoms with Gasteiger partial charge in [0.1, 0.15) is 6.10 Å². The number of aliphatic hydroxyl groups excluding tert-OH is 2. The second-order valence-corrected chi connectivity index (χ2v) is 8.92. The first-order chi connectivity index (χ1) is 12.0. The van der Waals surface area contributed by atoms with Crippen LogP contribution in [0.25, 0.3) is 0 Å². The molecule has 0 amide bonds. The van der Waals surface area contributed by atoms with E-state index in [0.717, 1.165) is 19.3 Å². The molecule has 25 heavy (non-hydrogen) atoms. The van der Waals surface area contributed by atoms with E-state index in [-0.39, 0.29) is 23.2 Å². The maximum absolute atomic E-state index is 10.6. The summed E-state index contributed by atoms with van der Waals surface area (Å²) in [6.07, 6.45) is 6.46. The number of hydrogen-bond acceptors (Lipinski definition) is 4. The molecule has 140 valence electrons. The van der Waals surface area contributed by atoms with Crippen molar-refractivity contribution in [2.75, 3.05) is 13.2 Å². The van der Waals surface area contributed by atoms with Crippen molar-refractivity contribution in [2.45, 2.75) is 76.8 Å². The lowest BCUT2D eigenvalue weighted by atomic mass is 9.42. The highest BCUT2D eigenvalue weighted by molar-refractivity contribution is 5.23. The first-order valence-corrected chi connectivity index (χ1v) is 10.1. The zero-order valence-corrected chi connectivity index (χ0v) is 15.5. The lowest BCUT2D eigenvalue weighted by Gasteiger charge is -2.68. The van der Waals surface area contributed by atoms with E-state index in [9.17, 15) is 10.2 Å². The first-order valence-electron chi connectivity index (χ1n) is 10.1. The van der Waals surface area contributed by atoms with Gasteiger partial charge in [-0.2, -0.15) is 0 Å². The van der Waals surface area contributed by atoms with Crippen molar-refractivity contribution in [3.05, 3.63) is 0 Å². The Morgan fingerprint density at radius 2 is 1.84 bits per heavy atom. The minimum Gasteiger partial charge on any atom is -0.392 e. The van der Waals surface area contributed by atoms with Crippen LogP contribution in [0.15, 0.2) is 0 Å². The molecule has 0 aromatic carbocycles. The van der Waals surface area contributed by atoms with E-state index in [2.05, 4.69) is 25.7 Å². The van der Waals surface area contributed by atoms with Crippen molar-refractivity contribution < 1.29 is 19.7 Å². The van der Waals surface area contributed by atoms with E-state index < -0.39 is 18.0 Å². The van der Waals surface area contributed by atoms with Crippen LogP contribution in [0.4, 0.5) is 0 Å². The van der Waals surface area contributed by atoms with Crippen LogP contribution < -0.4 is 0 Å². The molecule has 0 radical (unpaired) electrons. The maximum Gasteiger partial charge on any atom is 0.176 e. The molecule has 0 aromatic rings. The Kier molecular flexibility index (Phi) is 4.65. The smallest absolute Gasteiger partial charge is 0.176 e. The maximum atomic E-state index is 10.6. The monoisotopic (exact) mass is 348 g/mol. The van der Waals surface area contributed by atoms with Crippen LogP contribution in [0.5, 0.6) is 0 Å². The van der Waals surface area contributed by atoms with Gasteiger partial charge in [-0.05, 0) is 31.1 Å². The van der Waals surface area contributed by atoms with Gasteiger partial charge < -0.3 is 19.7 Å². The summed E-state index contributed by atoms with van der Waals surface area (Å²) in [7, 11) is 0. The predicted molar refractivity (Wildman–Crippen MR) is 94.5 cm³/mol. The summed E-state index contributed by atoms with van der Waals surface area (Å²) >= 11 is 0. The molecular weight excluding hydrogens is 316 g/mol. The standard InChI is InChI=1S/C21H32O4/c1-14-19-17(8-7-16(22)13-15-5-3-4-6-15)18(23)9-10-20(19,2)21(14)24-11-12-25-21/h14-19,22-23H,3-6,9-13H2,1-2H3/t14?,16-,17-,18+,19+,20-/m1/s1. The zero-order valence-electron chi connectivity index (χ0n) is 15.5. The van der Waals surface area contributed by atoms with E-state index in [1.165, 1.54) is 25.7 Å². The predicted octanol–water partition coefficient (Wildman–Crippen LogP) is 2.72. The quantitative estimate of drug-likeness (QED) is 0.754. The van der Waals surface area contributed by atoms with Gasteiger partial charge in [-0.25, -0.2) is 0 Å². The fraction of sp³-hybridized carbons (Fsp3) is 0.905. The number of fused-ring (bicyclic) bond motifs is 2. The highest BCUT2D eigenvalue weighted by Crippen LogP contribution is 2.69. The van der Waals surface area contributed by atoms with Gasteiger partial charge in [0, 0.05) is 11.3 Å². The largest absolute Gasteiger partial charge is 0.392 e. The number of aliphatic hydroxyl groups is 2. The fourth-order valence-electron chi connectivity index (χ4n) is 6.38. The van der Waals surface area contributed by atoms with Crippen LogP contribution >= 0.6 is 0 Å². The molecular formula is C21H32O4. The summed E-state index contributed by atoms with van der Waals surface area (Å²) in [6.45, 7) is 5.72. The van der Waals surface area contributed by atoms with Gasteiger partial charge in [0.15, 0.2) is 5.79 Å². The third-order valence-corrected chi connectivity index (χ3v) is 7.60. The van der Waals surface area contributed by atoms with Crippen LogP contribution in [0.1, 0.15) is 58.8 Å². The Bertz CT molecular complexity index is 552. The summed E-state index contributed by atoms with van der Waals surface area (Å²) in [5, 5.41) is 20.9. The first kappa shape index (κ1) is 17.8. The van der Waals surface area contributed by atoms with Crippen molar-refractivity contribution >= 4 is 0 Å². The van der Waals surface area contributed by atoms with E-state index in [4.69, 9.17) is 9.47 Å². The molecule has 1 spiro atoms. The van der Waals surface area contributed by atoms with Gasteiger partial charge in [0.25, 0.3) is 0 Å². The molecule has 4 rings (SSSR count). The summed E-state index contributed by atoms with van der Waals surface area (Å²) in [6, 6.07) is 0. The second kappa shape index (κ2) is 6.53. The van der Waals surface area contributed by atoms with Crippen molar-refractivity contribution in [1.29, 1.82) is 0 Å². The van der Waals surface area contributed by atoms with E-state index in [1.807, 2.05) is 0 Å². The molecule has 1 unspecified atom stereocenters. The lowest BCUT2D eigenvalue weighted by molar-refractivity contribution is -0.380.